The number of rotatable bonds is 1. The second kappa shape index (κ2) is 3.50. The summed E-state index contributed by atoms with van der Waals surface area (Å²) in [6.07, 6.45) is 0. The molecule has 2 aromatic carbocycles. The summed E-state index contributed by atoms with van der Waals surface area (Å²) >= 11 is 0. The Labute approximate surface area is 82.1 Å². The van der Waals surface area contributed by atoms with Crippen LogP contribution in [0.25, 0.3) is 10.8 Å². The molecule has 0 bridgehead atoms. The van der Waals surface area contributed by atoms with E-state index in [1.807, 2.05) is 36.4 Å². The van der Waals surface area contributed by atoms with Crippen molar-refractivity contribution in [1.29, 1.82) is 0 Å². The van der Waals surface area contributed by atoms with Crippen LogP contribution in [0.3, 0.4) is 0 Å². The van der Waals surface area contributed by atoms with Gasteiger partial charge in [0.25, 0.3) is 0 Å². The number of carbonyl (C=O) groups is 1. The van der Waals surface area contributed by atoms with Crippen molar-refractivity contribution < 1.29 is 9.53 Å². The minimum Gasteiger partial charge on any atom is -0.426 e. The van der Waals surface area contributed by atoms with E-state index in [9.17, 15) is 4.79 Å². The molecule has 0 aromatic heterocycles. The molecule has 68 valence electrons. The summed E-state index contributed by atoms with van der Waals surface area (Å²) in [5.74, 6) is -0.294. The first-order chi connectivity index (χ1) is 6.77. The molecule has 0 saturated heterocycles. The Hall–Kier alpha value is -1.83. The van der Waals surface area contributed by atoms with E-state index < -0.39 is 5.97 Å². The van der Waals surface area contributed by atoms with Gasteiger partial charge >= 0.3 is 5.97 Å². The zero-order valence-electron chi connectivity index (χ0n) is 7.44. The average molecular weight is 184 g/mol. The van der Waals surface area contributed by atoms with Crippen molar-refractivity contribution in [2.45, 2.75) is 0 Å². The molecule has 0 heterocycles. The molecule has 0 N–H and O–H groups in total. The van der Waals surface area contributed by atoms with Crippen LogP contribution in [-0.2, 0) is 4.79 Å². The van der Waals surface area contributed by atoms with Crippen LogP contribution in [0.15, 0.2) is 42.5 Å². The van der Waals surface area contributed by atoms with E-state index in [0.717, 1.165) is 10.8 Å². The molecule has 2 rings (SSSR count). The molecule has 0 saturated carbocycles. The van der Waals surface area contributed by atoms with Gasteiger partial charge in [-0.3, -0.25) is 4.79 Å². The molecular formula is C12H8O2. The van der Waals surface area contributed by atoms with Gasteiger partial charge < -0.3 is 4.74 Å². The molecule has 0 spiro atoms. The molecule has 2 nitrogen and oxygen atoms in total. The van der Waals surface area contributed by atoms with Crippen LogP contribution in [0.4, 0.5) is 0 Å². The van der Waals surface area contributed by atoms with Gasteiger partial charge in [-0.15, -0.1) is 0 Å². The molecule has 0 unspecified atom stereocenters. The molecule has 0 aliphatic carbocycles. The minimum atomic E-state index is -0.790. The summed E-state index contributed by atoms with van der Waals surface area (Å²) in [5, 5.41) is 1.90. The summed E-state index contributed by atoms with van der Waals surface area (Å²) in [6.45, 7) is 4.95. The van der Waals surface area contributed by atoms with Crippen molar-refractivity contribution in [3.63, 3.8) is 0 Å². The Bertz CT molecular complexity index is 469. The smallest absolute Gasteiger partial charge is 0.316 e. The van der Waals surface area contributed by atoms with Gasteiger partial charge in [0.1, 0.15) is 5.75 Å². The van der Waals surface area contributed by atoms with E-state index in [1.54, 1.807) is 6.07 Å². The predicted molar refractivity (Wildman–Crippen MR) is 53.9 cm³/mol. The SMILES string of the molecule is [CH]C(=O)Oc1cccc2ccccc12. The Morgan fingerprint density at radius 1 is 1.07 bits per heavy atom. The van der Waals surface area contributed by atoms with Crippen LogP contribution in [0.5, 0.6) is 5.75 Å². The highest BCUT2D eigenvalue weighted by molar-refractivity contribution is 5.90. The quantitative estimate of drug-likeness (QED) is 0.502. The van der Waals surface area contributed by atoms with E-state index in [-0.39, 0.29) is 0 Å². The monoisotopic (exact) mass is 184 g/mol. The van der Waals surface area contributed by atoms with Crippen molar-refractivity contribution in [3.8, 4) is 5.75 Å². The number of benzene rings is 2. The summed E-state index contributed by atoms with van der Waals surface area (Å²) in [4.78, 5) is 10.6. The lowest BCUT2D eigenvalue weighted by Crippen LogP contribution is -2.01. The van der Waals surface area contributed by atoms with Crippen molar-refractivity contribution >= 4 is 16.7 Å². The molecule has 2 heteroatoms. The first kappa shape index (κ1) is 8.75. The van der Waals surface area contributed by atoms with Crippen LogP contribution in [0.1, 0.15) is 0 Å². The van der Waals surface area contributed by atoms with Gasteiger partial charge in [-0.1, -0.05) is 36.4 Å². The van der Waals surface area contributed by atoms with Gasteiger partial charge in [0.05, 0.1) is 6.92 Å². The molecule has 0 atom stereocenters. The Kier molecular flexibility index (Phi) is 2.19. The predicted octanol–water partition coefficient (Wildman–Crippen LogP) is 2.46. The van der Waals surface area contributed by atoms with E-state index in [1.165, 1.54) is 0 Å². The van der Waals surface area contributed by atoms with Gasteiger partial charge in [0, 0.05) is 5.39 Å². The molecular weight excluding hydrogens is 176 g/mol. The fourth-order valence-corrected chi connectivity index (χ4v) is 1.39. The maximum absolute atomic E-state index is 10.6. The third-order valence-electron chi connectivity index (χ3n) is 1.96. The summed E-state index contributed by atoms with van der Waals surface area (Å²) in [5.41, 5.74) is 0. The summed E-state index contributed by atoms with van der Waals surface area (Å²) < 4.78 is 4.87. The van der Waals surface area contributed by atoms with Crippen LogP contribution in [-0.4, -0.2) is 5.97 Å². The summed E-state index contributed by atoms with van der Waals surface area (Å²) in [6, 6.07) is 13.1. The van der Waals surface area contributed by atoms with Gasteiger partial charge in [0.2, 0.25) is 0 Å². The highest BCUT2D eigenvalue weighted by Crippen LogP contribution is 2.24. The molecule has 2 aromatic rings. The van der Waals surface area contributed by atoms with Crippen molar-refractivity contribution in [2.24, 2.45) is 0 Å². The molecule has 0 aliphatic rings. The highest BCUT2D eigenvalue weighted by Gasteiger charge is 2.02. The van der Waals surface area contributed by atoms with Crippen LogP contribution < -0.4 is 4.74 Å². The molecule has 0 amide bonds. The van der Waals surface area contributed by atoms with E-state index in [4.69, 9.17) is 11.7 Å². The van der Waals surface area contributed by atoms with E-state index >= 15 is 0 Å². The van der Waals surface area contributed by atoms with Gasteiger partial charge in [-0.05, 0) is 11.5 Å². The zero-order chi connectivity index (χ0) is 9.97. The number of ether oxygens (including phenoxy) is 1. The highest BCUT2D eigenvalue weighted by atomic mass is 16.5. The molecule has 2 radical (unpaired) electrons. The topological polar surface area (TPSA) is 26.3 Å². The van der Waals surface area contributed by atoms with Crippen molar-refractivity contribution in [2.75, 3.05) is 0 Å². The lowest BCUT2D eigenvalue weighted by molar-refractivity contribution is -0.129. The van der Waals surface area contributed by atoms with E-state index in [0.29, 0.717) is 5.75 Å². The number of esters is 1. The number of hydrogen-bond donors (Lipinski definition) is 0. The lowest BCUT2D eigenvalue weighted by Gasteiger charge is -2.04. The standard InChI is InChI=1S/C12H8O2/c1-9(13)14-12-8-4-6-10-5-2-3-7-11(10)12/h1-8H. The molecule has 0 aliphatic heterocycles. The van der Waals surface area contributed by atoms with Gasteiger partial charge in [-0.2, -0.15) is 0 Å². The number of carbonyl (C=O) groups excluding carboxylic acids is 1. The largest absolute Gasteiger partial charge is 0.426 e. The molecule has 0 fully saturated rings. The Morgan fingerprint density at radius 3 is 2.57 bits per heavy atom. The third kappa shape index (κ3) is 1.59. The van der Waals surface area contributed by atoms with Gasteiger partial charge in [0.15, 0.2) is 0 Å². The van der Waals surface area contributed by atoms with Crippen molar-refractivity contribution in [3.05, 3.63) is 49.4 Å². The second-order valence-electron chi connectivity index (χ2n) is 2.90. The van der Waals surface area contributed by atoms with Crippen LogP contribution in [0.2, 0.25) is 0 Å². The maximum atomic E-state index is 10.6. The molecule has 14 heavy (non-hydrogen) atoms. The number of fused-ring (bicyclic) bond motifs is 1. The van der Waals surface area contributed by atoms with Crippen LogP contribution >= 0.6 is 0 Å². The maximum Gasteiger partial charge on any atom is 0.316 e. The first-order valence-corrected chi connectivity index (χ1v) is 4.22. The van der Waals surface area contributed by atoms with Crippen LogP contribution in [0, 0.1) is 6.92 Å². The average Bonchev–Trinajstić information content (AvgIpc) is 2.18. The fraction of sp³-hybridized carbons (Fsp3) is 0. The first-order valence-electron chi connectivity index (χ1n) is 4.22. The van der Waals surface area contributed by atoms with Crippen molar-refractivity contribution in [1.82, 2.24) is 0 Å². The second-order valence-corrected chi connectivity index (χ2v) is 2.90. The lowest BCUT2D eigenvalue weighted by atomic mass is 10.1. The number of hydrogen-bond acceptors (Lipinski definition) is 2. The summed E-state index contributed by atoms with van der Waals surface area (Å²) in [7, 11) is 0. The van der Waals surface area contributed by atoms with E-state index in [2.05, 4.69) is 0 Å². The third-order valence-corrected chi connectivity index (χ3v) is 1.96. The zero-order valence-corrected chi connectivity index (χ0v) is 7.44. The Morgan fingerprint density at radius 2 is 1.79 bits per heavy atom. The fourth-order valence-electron chi connectivity index (χ4n) is 1.39. The van der Waals surface area contributed by atoms with Gasteiger partial charge in [-0.25, -0.2) is 0 Å². The Balaban J connectivity index is 2.59. The normalized spacial score (nSPS) is 10.1. The minimum absolute atomic E-state index is 0.496.